The van der Waals surface area contributed by atoms with E-state index in [1.165, 1.54) is 24.3 Å². The van der Waals surface area contributed by atoms with E-state index in [0.717, 1.165) is 16.8 Å². The number of rotatable bonds is 9. The molecule has 7 nitrogen and oxygen atoms in total. The number of sulfonamides is 1. The van der Waals surface area contributed by atoms with Crippen molar-refractivity contribution in [2.24, 2.45) is 0 Å². The van der Waals surface area contributed by atoms with E-state index in [9.17, 15) is 22.0 Å². The number of hydrogen-bond acceptors (Lipinski definition) is 6. The zero-order valence-corrected chi connectivity index (χ0v) is 19.9. The number of amides is 1. The van der Waals surface area contributed by atoms with E-state index < -0.39 is 22.5 Å². The molecule has 0 radical (unpaired) electrons. The molecule has 2 N–H and O–H groups in total. The van der Waals surface area contributed by atoms with Gasteiger partial charge in [0.15, 0.2) is 5.76 Å². The number of benzene rings is 3. The molecule has 36 heavy (non-hydrogen) atoms. The Balaban J connectivity index is 1.42. The lowest BCUT2D eigenvalue weighted by atomic mass is 10.1. The summed E-state index contributed by atoms with van der Waals surface area (Å²) in [6.07, 6.45) is 0. The van der Waals surface area contributed by atoms with Gasteiger partial charge in [-0.05, 0) is 60.5 Å². The Morgan fingerprint density at radius 1 is 0.944 bits per heavy atom. The minimum absolute atomic E-state index is 0.0300. The van der Waals surface area contributed by atoms with Gasteiger partial charge in [-0.25, -0.2) is 13.1 Å². The van der Waals surface area contributed by atoms with Crippen LogP contribution in [0.15, 0.2) is 94.2 Å². The van der Waals surface area contributed by atoms with Crippen molar-refractivity contribution in [3.8, 4) is 16.9 Å². The molecule has 1 heterocycles. The smallest absolute Gasteiger partial charge is 0.387 e. The lowest BCUT2D eigenvalue weighted by molar-refractivity contribution is -0.0498. The fraction of sp³-hybridized carbons (Fsp3) is 0.115. The molecular weight excluding hydrogens is 490 g/mol. The van der Waals surface area contributed by atoms with E-state index in [-0.39, 0.29) is 22.9 Å². The maximum atomic E-state index is 12.7. The molecule has 0 aliphatic heterocycles. The van der Waals surface area contributed by atoms with Gasteiger partial charge in [-0.15, -0.1) is 0 Å². The summed E-state index contributed by atoms with van der Waals surface area (Å²) in [5, 5.41) is 3.18. The fourth-order valence-electron chi connectivity index (χ4n) is 3.52. The zero-order chi connectivity index (χ0) is 25.7. The average molecular weight is 513 g/mol. The number of anilines is 1. The van der Waals surface area contributed by atoms with Crippen molar-refractivity contribution in [1.29, 1.82) is 0 Å². The quantitative estimate of drug-likeness (QED) is 0.304. The average Bonchev–Trinajstić information content (AvgIpc) is 3.24. The van der Waals surface area contributed by atoms with Gasteiger partial charge in [0.2, 0.25) is 0 Å². The van der Waals surface area contributed by atoms with Crippen molar-refractivity contribution in [2.45, 2.75) is 25.0 Å². The number of furan rings is 1. The van der Waals surface area contributed by atoms with Crippen molar-refractivity contribution in [3.05, 3.63) is 102 Å². The number of hydrogen-bond donors (Lipinski definition) is 2. The third kappa shape index (κ3) is 6.08. The van der Waals surface area contributed by atoms with Crippen molar-refractivity contribution >= 4 is 21.6 Å². The normalized spacial score (nSPS) is 11.3. The molecule has 10 heteroatoms. The molecule has 3 aromatic carbocycles. The Morgan fingerprint density at radius 2 is 1.56 bits per heavy atom. The second-order valence-corrected chi connectivity index (χ2v) is 9.48. The van der Waals surface area contributed by atoms with Crippen molar-refractivity contribution < 1.29 is 31.1 Å². The minimum Gasteiger partial charge on any atom is -0.456 e. The first-order valence-electron chi connectivity index (χ1n) is 10.8. The standard InChI is InChI=1S/C26H22F2N2O5S/c1-17-15-20(24(34-17)25(31)30-36(32,33)23-5-3-2-4-6-23)16-29-21-11-7-18(8-12-21)19-9-13-22(14-10-19)35-26(27)28/h2-15,26,29H,16H2,1H3,(H,30,31). The first kappa shape index (κ1) is 24.9. The van der Waals surface area contributed by atoms with Gasteiger partial charge in [0.05, 0.1) is 4.90 Å². The van der Waals surface area contributed by atoms with Gasteiger partial charge in [-0.1, -0.05) is 42.5 Å². The molecule has 0 fully saturated rings. The number of ether oxygens (including phenoxy) is 1. The van der Waals surface area contributed by atoms with E-state index in [0.29, 0.717) is 11.3 Å². The first-order valence-corrected chi connectivity index (χ1v) is 12.3. The van der Waals surface area contributed by atoms with Gasteiger partial charge in [-0.2, -0.15) is 8.78 Å². The Bertz CT molecular complexity index is 1440. The molecule has 4 rings (SSSR count). The van der Waals surface area contributed by atoms with Crippen molar-refractivity contribution in [2.75, 3.05) is 5.32 Å². The van der Waals surface area contributed by atoms with Gasteiger partial charge in [0.1, 0.15) is 11.5 Å². The Hall–Kier alpha value is -4.18. The predicted molar refractivity (Wildman–Crippen MR) is 130 cm³/mol. The SMILES string of the molecule is Cc1cc(CNc2ccc(-c3ccc(OC(F)F)cc3)cc2)c(C(=O)NS(=O)(=O)c2ccccc2)o1. The van der Waals surface area contributed by atoms with Crippen LogP contribution in [0, 0.1) is 6.92 Å². The molecule has 0 saturated heterocycles. The summed E-state index contributed by atoms with van der Waals surface area (Å²) in [5.41, 5.74) is 2.94. The third-order valence-corrected chi connectivity index (χ3v) is 6.55. The van der Waals surface area contributed by atoms with Gasteiger partial charge in [0, 0.05) is 17.8 Å². The summed E-state index contributed by atoms with van der Waals surface area (Å²) in [7, 11) is -4.05. The second-order valence-electron chi connectivity index (χ2n) is 7.79. The molecule has 1 aromatic heterocycles. The molecule has 0 saturated carbocycles. The van der Waals surface area contributed by atoms with Crippen LogP contribution >= 0.6 is 0 Å². The highest BCUT2D eigenvalue weighted by molar-refractivity contribution is 7.90. The Morgan fingerprint density at radius 3 is 2.17 bits per heavy atom. The summed E-state index contributed by atoms with van der Waals surface area (Å²) < 4.78 is 61.5. The summed E-state index contributed by atoms with van der Waals surface area (Å²) in [6.45, 7) is -0.997. The van der Waals surface area contributed by atoms with Crippen LogP contribution in [-0.4, -0.2) is 20.9 Å². The first-order chi connectivity index (χ1) is 17.2. The highest BCUT2D eigenvalue weighted by Gasteiger charge is 2.23. The zero-order valence-electron chi connectivity index (χ0n) is 19.1. The number of carbonyl (C=O) groups is 1. The van der Waals surface area contributed by atoms with Gasteiger partial charge < -0.3 is 14.5 Å². The maximum absolute atomic E-state index is 12.7. The van der Waals surface area contributed by atoms with Crippen molar-refractivity contribution in [3.63, 3.8) is 0 Å². The molecular formula is C26H22F2N2O5S. The van der Waals surface area contributed by atoms with Crippen molar-refractivity contribution in [1.82, 2.24) is 4.72 Å². The number of aryl methyl sites for hydroxylation is 1. The van der Waals surface area contributed by atoms with Crippen LogP contribution < -0.4 is 14.8 Å². The molecule has 0 aliphatic rings. The lowest BCUT2D eigenvalue weighted by Gasteiger charge is -2.10. The van der Waals surface area contributed by atoms with Crippen LogP contribution in [0.1, 0.15) is 21.9 Å². The number of nitrogens with one attached hydrogen (secondary N) is 2. The van der Waals surface area contributed by atoms with E-state index in [4.69, 9.17) is 4.42 Å². The van der Waals surface area contributed by atoms with E-state index in [1.807, 2.05) is 29.0 Å². The van der Waals surface area contributed by atoms with E-state index in [2.05, 4.69) is 10.1 Å². The lowest BCUT2D eigenvalue weighted by Crippen LogP contribution is -2.31. The van der Waals surface area contributed by atoms with Crippen LogP contribution in [-0.2, 0) is 16.6 Å². The van der Waals surface area contributed by atoms with E-state index in [1.54, 1.807) is 43.3 Å². The monoisotopic (exact) mass is 512 g/mol. The predicted octanol–water partition coefficient (Wildman–Crippen LogP) is 5.59. The van der Waals surface area contributed by atoms with Gasteiger partial charge in [0.25, 0.3) is 10.0 Å². The van der Waals surface area contributed by atoms with E-state index >= 15 is 0 Å². The fourth-order valence-corrected chi connectivity index (χ4v) is 4.49. The molecule has 0 unspecified atom stereocenters. The Kier molecular flexibility index (Phi) is 7.35. The minimum atomic E-state index is -4.05. The molecule has 0 aliphatic carbocycles. The highest BCUT2D eigenvalue weighted by Crippen LogP contribution is 2.25. The summed E-state index contributed by atoms with van der Waals surface area (Å²) in [6, 6.07) is 22.9. The second kappa shape index (κ2) is 10.6. The van der Waals surface area contributed by atoms with Crippen LogP contribution in [0.25, 0.3) is 11.1 Å². The largest absolute Gasteiger partial charge is 0.456 e. The van der Waals surface area contributed by atoms with Crippen LogP contribution in [0.4, 0.5) is 14.5 Å². The highest BCUT2D eigenvalue weighted by atomic mass is 32.2. The van der Waals surface area contributed by atoms with Crippen LogP contribution in [0.3, 0.4) is 0 Å². The summed E-state index contributed by atoms with van der Waals surface area (Å²) in [5.74, 6) is -0.414. The topological polar surface area (TPSA) is 97.6 Å². The molecule has 0 spiro atoms. The molecule has 4 aromatic rings. The van der Waals surface area contributed by atoms with Crippen LogP contribution in [0.5, 0.6) is 5.75 Å². The number of alkyl halides is 2. The Labute approximate surface area is 206 Å². The summed E-state index contributed by atoms with van der Waals surface area (Å²) in [4.78, 5) is 12.7. The van der Waals surface area contributed by atoms with Crippen LogP contribution in [0.2, 0.25) is 0 Å². The van der Waals surface area contributed by atoms with Gasteiger partial charge in [-0.3, -0.25) is 4.79 Å². The van der Waals surface area contributed by atoms with Gasteiger partial charge >= 0.3 is 12.5 Å². The molecule has 1 amide bonds. The molecule has 186 valence electrons. The number of halogens is 2. The number of carbonyl (C=O) groups excluding carboxylic acids is 1. The summed E-state index contributed by atoms with van der Waals surface area (Å²) >= 11 is 0. The third-order valence-electron chi connectivity index (χ3n) is 5.20. The molecule has 0 atom stereocenters. The maximum Gasteiger partial charge on any atom is 0.387 e. The molecule has 0 bridgehead atoms.